The minimum absolute atomic E-state index is 0.231. The monoisotopic (exact) mass is 271 g/mol. The third-order valence-corrected chi connectivity index (χ3v) is 3.78. The SMILES string of the molecule is COc1ccc2cccc(CC(N)CCC(C)C)c2c1. The standard InChI is InChI=1S/C18H25NO/c1-13(2)7-9-16(19)11-15-6-4-5-14-8-10-17(20-3)12-18(14)15/h4-6,8,10,12-13,16H,7,9,11,19H2,1-3H3. The lowest BCUT2D eigenvalue weighted by Gasteiger charge is -2.15. The Morgan fingerprint density at radius 3 is 2.60 bits per heavy atom. The molecule has 0 heterocycles. The van der Waals surface area contributed by atoms with Gasteiger partial charge in [-0.15, -0.1) is 0 Å². The molecule has 2 rings (SSSR count). The lowest BCUT2D eigenvalue weighted by Crippen LogP contribution is -2.23. The van der Waals surface area contributed by atoms with Gasteiger partial charge in [-0.25, -0.2) is 0 Å². The Hall–Kier alpha value is -1.54. The lowest BCUT2D eigenvalue weighted by molar-refractivity contribution is 0.415. The van der Waals surface area contributed by atoms with E-state index in [4.69, 9.17) is 10.5 Å². The Morgan fingerprint density at radius 2 is 1.90 bits per heavy atom. The highest BCUT2D eigenvalue weighted by Crippen LogP contribution is 2.25. The lowest BCUT2D eigenvalue weighted by atomic mass is 9.95. The summed E-state index contributed by atoms with van der Waals surface area (Å²) in [6.07, 6.45) is 3.20. The molecule has 20 heavy (non-hydrogen) atoms. The molecule has 1 atom stereocenters. The maximum Gasteiger partial charge on any atom is 0.119 e. The molecule has 108 valence electrons. The largest absolute Gasteiger partial charge is 0.497 e. The number of nitrogens with two attached hydrogens (primary N) is 1. The van der Waals surface area contributed by atoms with Gasteiger partial charge in [-0.1, -0.05) is 38.1 Å². The fourth-order valence-electron chi connectivity index (χ4n) is 2.55. The summed E-state index contributed by atoms with van der Waals surface area (Å²) in [5, 5.41) is 2.51. The second-order valence-corrected chi connectivity index (χ2v) is 5.94. The number of rotatable bonds is 6. The van der Waals surface area contributed by atoms with E-state index in [1.165, 1.54) is 22.8 Å². The van der Waals surface area contributed by atoms with Crippen molar-refractivity contribution >= 4 is 10.8 Å². The molecule has 2 N–H and O–H groups in total. The van der Waals surface area contributed by atoms with Crippen molar-refractivity contribution in [3.8, 4) is 5.75 Å². The van der Waals surface area contributed by atoms with Crippen LogP contribution in [-0.2, 0) is 6.42 Å². The van der Waals surface area contributed by atoms with Crippen molar-refractivity contribution in [1.29, 1.82) is 0 Å². The van der Waals surface area contributed by atoms with E-state index in [0.29, 0.717) is 5.92 Å². The van der Waals surface area contributed by atoms with Gasteiger partial charge < -0.3 is 10.5 Å². The van der Waals surface area contributed by atoms with Gasteiger partial charge in [0, 0.05) is 6.04 Å². The summed E-state index contributed by atoms with van der Waals surface area (Å²) in [7, 11) is 1.71. The Bertz CT molecular complexity index is 562. The third-order valence-electron chi connectivity index (χ3n) is 3.78. The second kappa shape index (κ2) is 6.76. The first kappa shape index (κ1) is 14.9. The molecule has 0 amide bonds. The quantitative estimate of drug-likeness (QED) is 0.856. The summed E-state index contributed by atoms with van der Waals surface area (Å²) in [5.41, 5.74) is 7.60. The fourth-order valence-corrected chi connectivity index (χ4v) is 2.55. The molecule has 0 fully saturated rings. The van der Waals surface area contributed by atoms with Crippen molar-refractivity contribution < 1.29 is 4.74 Å². The Labute approximate surface area is 121 Å². The molecule has 2 aromatic rings. The van der Waals surface area contributed by atoms with Gasteiger partial charge in [-0.3, -0.25) is 0 Å². The van der Waals surface area contributed by atoms with Crippen LogP contribution in [-0.4, -0.2) is 13.2 Å². The first-order valence-electron chi connectivity index (χ1n) is 7.41. The van der Waals surface area contributed by atoms with E-state index in [1.54, 1.807) is 7.11 Å². The predicted molar refractivity (Wildman–Crippen MR) is 86.3 cm³/mol. The van der Waals surface area contributed by atoms with Crippen LogP contribution < -0.4 is 10.5 Å². The number of hydrogen-bond acceptors (Lipinski definition) is 2. The van der Waals surface area contributed by atoms with Crippen molar-refractivity contribution in [2.75, 3.05) is 7.11 Å². The van der Waals surface area contributed by atoms with Crippen molar-refractivity contribution in [3.63, 3.8) is 0 Å². The zero-order valence-electron chi connectivity index (χ0n) is 12.7. The van der Waals surface area contributed by atoms with E-state index in [-0.39, 0.29) is 6.04 Å². The molecule has 0 aromatic heterocycles. The molecule has 2 heteroatoms. The van der Waals surface area contributed by atoms with Gasteiger partial charge in [-0.05, 0) is 53.6 Å². The van der Waals surface area contributed by atoms with Crippen LogP contribution in [0.4, 0.5) is 0 Å². The topological polar surface area (TPSA) is 35.2 Å². The molecule has 0 aliphatic carbocycles. The smallest absolute Gasteiger partial charge is 0.119 e. The zero-order chi connectivity index (χ0) is 14.5. The van der Waals surface area contributed by atoms with E-state index < -0.39 is 0 Å². The molecule has 1 unspecified atom stereocenters. The number of ether oxygens (including phenoxy) is 1. The maximum atomic E-state index is 6.28. The van der Waals surface area contributed by atoms with Gasteiger partial charge >= 0.3 is 0 Å². The molecule has 0 bridgehead atoms. The average molecular weight is 271 g/mol. The van der Waals surface area contributed by atoms with Crippen LogP contribution in [0, 0.1) is 5.92 Å². The van der Waals surface area contributed by atoms with Gasteiger partial charge in [0.1, 0.15) is 5.75 Å². The van der Waals surface area contributed by atoms with E-state index in [0.717, 1.165) is 18.6 Å². The molecule has 0 aliphatic heterocycles. The predicted octanol–water partition coefficient (Wildman–Crippen LogP) is 4.15. The zero-order valence-corrected chi connectivity index (χ0v) is 12.7. The van der Waals surface area contributed by atoms with Crippen LogP contribution in [0.1, 0.15) is 32.3 Å². The number of hydrogen-bond donors (Lipinski definition) is 1. The minimum Gasteiger partial charge on any atom is -0.497 e. The molecule has 0 spiro atoms. The van der Waals surface area contributed by atoms with Crippen molar-refractivity contribution in [1.82, 2.24) is 0 Å². The summed E-state index contributed by atoms with van der Waals surface area (Å²) in [4.78, 5) is 0. The maximum absolute atomic E-state index is 6.28. The minimum atomic E-state index is 0.231. The highest BCUT2D eigenvalue weighted by atomic mass is 16.5. The second-order valence-electron chi connectivity index (χ2n) is 5.94. The third kappa shape index (κ3) is 3.73. The van der Waals surface area contributed by atoms with Gasteiger partial charge in [-0.2, -0.15) is 0 Å². The first-order valence-corrected chi connectivity index (χ1v) is 7.41. The van der Waals surface area contributed by atoms with Gasteiger partial charge in [0.05, 0.1) is 7.11 Å². The number of fused-ring (bicyclic) bond motifs is 1. The van der Waals surface area contributed by atoms with Gasteiger partial charge in [0.25, 0.3) is 0 Å². The van der Waals surface area contributed by atoms with Crippen molar-refractivity contribution in [2.24, 2.45) is 11.7 Å². The summed E-state index contributed by atoms with van der Waals surface area (Å²) in [5.74, 6) is 1.62. The molecule has 0 radical (unpaired) electrons. The summed E-state index contributed by atoms with van der Waals surface area (Å²) >= 11 is 0. The highest BCUT2D eigenvalue weighted by molar-refractivity contribution is 5.87. The van der Waals surface area contributed by atoms with Crippen LogP contribution in [0.15, 0.2) is 36.4 Å². The van der Waals surface area contributed by atoms with Crippen LogP contribution in [0.25, 0.3) is 10.8 Å². The molecular weight excluding hydrogens is 246 g/mol. The Morgan fingerprint density at radius 1 is 1.10 bits per heavy atom. The van der Waals surface area contributed by atoms with Crippen LogP contribution in [0.3, 0.4) is 0 Å². The van der Waals surface area contributed by atoms with Gasteiger partial charge in [0.15, 0.2) is 0 Å². The molecule has 2 nitrogen and oxygen atoms in total. The summed E-state index contributed by atoms with van der Waals surface area (Å²) < 4.78 is 5.33. The van der Waals surface area contributed by atoms with E-state index in [2.05, 4.69) is 44.2 Å². The van der Waals surface area contributed by atoms with Gasteiger partial charge in [0.2, 0.25) is 0 Å². The summed E-state index contributed by atoms with van der Waals surface area (Å²) in [6.45, 7) is 4.49. The molecule has 2 aromatic carbocycles. The average Bonchev–Trinajstić information content (AvgIpc) is 2.45. The van der Waals surface area contributed by atoms with Crippen LogP contribution in [0.5, 0.6) is 5.75 Å². The normalized spacial score (nSPS) is 12.8. The van der Waals surface area contributed by atoms with Crippen LogP contribution in [0.2, 0.25) is 0 Å². The molecule has 0 saturated carbocycles. The van der Waals surface area contributed by atoms with E-state index in [9.17, 15) is 0 Å². The first-order chi connectivity index (χ1) is 9.60. The molecule has 0 saturated heterocycles. The number of benzene rings is 2. The fraction of sp³-hybridized carbons (Fsp3) is 0.444. The molecular formula is C18H25NO. The highest BCUT2D eigenvalue weighted by Gasteiger charge is 2.09. The van der Waals surface area contributed by atoms with E-state index >= 15 is 0 Å². The number of methoxy groups -OCH3 is 1. The van der Waals surface area contributed by atoms with Crippen LogP contribution >= 0.6 is 0 Å². The Balaban J connectivity index is 2.20. The molecule has 0 aliphatic rings. The summed E-state index contributed by atoms with van der Waals surface area (Å²) in [6, 6.07) is 12.9. The van der Waals surface area contributed by atoms with E-state index in [1.807, 2.05) is 6.07 Å². The Kier molecular flexibility index (Phi) is 5.02. The van der Waals surface area contributed by atoms with Crippen molar-refractivity contribution in [2.45, 2.75) is 39.2 Å². The van der Waals surface area contributed by atoms with Crippen molar-refractivity contribution in [3.05, 3.63) is 42.0 Å².